The maximum Gasteiger partial charge on any atom is 0.407 e. The Kier molecular flexibility index (Phi) is 16.9. The van der Waals surface area contributed by atoms with Gasteiger partial charge < -0.3 is 34.7 Å². The van der Waals surface area contributed by atoms with Crippen LogP contribution in [0.15, 0.2) is 60.7 Å². The lowest BCUT2D eigenvalue weighted by atomic mass is 10.1. The van der Waals surface area contributed by atoms with Gasteiger partial charge in [-0.3, -0.25) is 4.18 Å². The predicted octanol–water partition coefficient (Wildman–Crippen LogP) is 4.51. The van der Waals surface area contributed by atoms with Crippen molar-refractivity contribution in [1.82, 2.24) is 10.6 Å². The van der Waals surface area contributed by atoms with Crippen molar-refractivity contribution in [3.8, 4) is 0 Å². The summed E-state index contributed by atoms with van der Waals surface area (Å²) in [5.74, 6) is 0. The molecule has 0 spiro atoms. The molecule has 0 aliphatic rings. The van der Waals surface area contributed by atoms with E-state index in [1.807, 2.05) is 81.4 Å². The summed E-state index contributed by atoms with van der Waals surface area (Å²) in [7, 11) is -3.50. The standard InChI is InChI=1S/C16H25NO6S.C15H23NO4/c1-16(2,3)23-15(18)17-12-14(13-8-6-5-7-9-13)21-10-11-22-24(4,19)20;1-15(2,3)20-14(18)16-11-13(19-10-9-17)12-7-5-4-6-8-12/h5-9,14H,10-12H2,1-4H3,(H,17,18);4-8,13,17H,9-11H2,1-3H3,(H,16,18). The molecule has 2 unspecified atom stereocenters. The van der Waals surface area contributed by atoms with E-state index >= 15 is 0 Å². The van der Waals surface area contributed by atoms with Crippen molar-refractivity contribution in [2.75, 3.05) is 45.8 Å². The molecule has 2 aromatic rings. The van der Waals surface area contributed by atoms with Crippen LogP contribution in [0.3, 0.4) is 0 Å². The van der Waals surface area contributed by atoms with Crippen LogP contribution in [0.1, 0.15) is 64.9 Å². The molecule has 3 N–H and O–H groups in total. The van der Waals surface area contributed by atoms with Crippen molar-refractivity contribution < 1.29 is 46.2 Å². The Morgan fingerprint density at radius 2 is 1.09 bits per heavy atom. The summed E-state index contributed by atoms with van der Waals surface area (Å²) >= 11 is 0. The minimum Gasteiger partial charge on any atom is -0.444 e. The number of aliphatic hydroxyl groups is 1. The van der Waals surface area contributed by atoms with E-state index in [2.05, 4.69) is 14.8 Å². The molecule has 2 rings (SSSR count). The molecule has 2 amide bonds. The van der Waals surface area contributed by atoms with Gasteiger partial charge in [0, 0.05) is 0 Å². The molecule has 12 nitrogen and oxygen atoms in total. The van der Waals surface area contributed by atoms with Gasteiger partial charge in [-0.15, -0.1) is 0 Å². The van der Waals surface area contributed by atoms with E-state index in [1.54, 1.807) is 20.8 Å². The number of nitrogens with one attached hydrogen (secondary N) is 2. The van der Waals surface area contributed by atoms with Gasteiger partial charge in [0.05, 0.1) is 45.8 Å². The maximum atomic E-state index is 11.8. The van der Waals surface area contributed by atoms with Crippen molar-refractivity contribution in [1.29, 1.82) is 0 Å². The molecule has 0 aromatic heterocycles. The third kappa shape index (κ3) is 19.9. The first-order valence-electron chi connectivity index (χ1n) is 14.2. The van der Waals surface area contributed by atoms with Crippen LogP contribution in [-0.4, -0.2) is 82.7 Å². The molecule has 0 radical (unpaired) electrons. The smallest absolute Gasteiger partial charge is 0.407 e. The number of hydrogen-bond acceptors (Lipinski definition) is 10. The van der Waals surface area contributed by atoms with Gasteiger partial charge in [-0.2, -0.15) is 8.42 Å². The van der Waals surface area contributed by atoms with Gasteiger partial charge in [0.15, 0.2) is 0 Å². The van der Waals surface area contributed by atoms with Crippen molar-refractivity contribution in [3.05, 3.63) is 71.8 Å². The summed E-state index contributed by atoms with van der Waals surface area (Å²) < 4.78 is 48.1. The molecule has 2 atom stereocenters. The SMILES string of the molecule is CC(C)(C)OC(=O)NCC(OCCO)c1ccccc1.CC(C)(C)OC(=O)NCC(OCCOS(C)(=O)=O)c1ccccc1. The lowest BCUT2D eigenvalue weighted by Crippen LogP contribution is -2.35. The first-order valence-corrected chi connectivity index (χ1v) is 16.0. The number of benzene rings is 2. The van der Waals surface area contributed by atoms with E-state index in [4.69, 9.17) is 24.1 Å². The van der Waals surface area contributed by atoms with Crippen LogP contribution in [0.4, 0.5) is 9.59 Å². The zero-order chi connectivity index (χ0) is 33.2. The second-order valence-corrected chi connectivity index (χ2v) is 13.2. The summed E-state index contributed by atoms with van der Waals surface area (Å²) in [6, 6.07) is 18.8. The van der Waals surface area contributed by atoms with Gasteiger partial charge in [0.1, 0.15) is 23.4 Å². The van der Waals surface area contributed by atoms with Crippen molar-refractivity contribution in [2.24, 2.45) is 0 Å². The molecule has 0 aliphatic heterocycles. The summed E-state index contributed by atoms with van der Waals surface area (Å²) in [5.41, 5.74) is 0.680. The highest BCUT2D eigenvalue weighted by atomic mass is 32.2. The fourth-order valence-electron chi connectivity index (χ4n) is 3.43. The number of hydrogen-bond donors (Lipinski definition) is 3. The van der Waals surface area contributed by atoms with Crippen LogP contribution in [0.2, 0.25) is 0 Å². The van der Waals surface area contributed by atoms with Gasteiger partial charge in [-0.25, -0.2) is 9.59 Å². The van der Waals surface area contributed by atoms with E-state index in [-0.39, 0.29) is 39.1 Å². The Balaban J connectivity index is 0.000000447. The molecule has 0 saturated carbocycles. The third-order valence-corrected chi connectivity index (χ3v) is 5.71. The molecule has 0 aliphatic carbocycles. The fraction of sp³-hybridized carbons (Fsp3) is 0.548. The Bertz CT molecular complexity index is 1200. The molecule has 0 fully saturated rings. The average Bonchev–Trinajstić information content (AvgIpc) is 2.91. The van der Waals surface area contributed by atoms with E-state index in [0.29, 0.717) is 6.54 Å². The van der Waals surface area contributed by atoms with Crippen LogP contribution in [0.25, 0.3) is 0 Å². The van der Waals surface area contributed by atoms with E-state index < -0.39 is 39.6 Å². The van der Waals surface area contributed by atoms with Crippen molar-refractivity contribution in [3.63, 3.8) is 0 Å². The molecule has 0 heterocycles. The summed E-state index contributed by atoms with van der Waals surface area (Å²) in [4.78, 5) is 23.4. The molecular weight excluding hydrogens is 592 g/mol. The normalized spacial score (nSPS) is 13.1. The van der Waals surface area contributed by atoms with Gasteiger partial charge in [-0.1, -0.05) is 60.7 Å². The molecule has 0 bridgehead atoms. The number of aliphatic hydroxyl groups excluding tert-OH is 1. The van der Waals surface area contributed by atoms with Gasteiger partial charge >= 0.3 is 12.2 Å². The van der Waals surface area contributed by atoms with Crippen LogP contribution in [0, 0.1) is 0 Å². The van der Waals surface area contributed by atoms with Gasteiger partial charge in [0.25, 0.3) is 10.1 Å². The predicted molar refractivity (Wildman–Crippen MR) is 167 cm³/mol. The summed E-state index contributed by atoms with van der Waals surface area (Å²) in [5, 5.41) is 14.2. The Hall–Kier alpha value is -3.23. The van der Waals surface area contributed by atoms with Crippen LogP contribution < -0.4 is 10.6 Å². The Labute approximate surface area is 261 Å². The van der Waals surface area contributed by atoms with E-state index in [1.165, 1.54) is 0 Å². The number of rotatable bonds is 14. The molecule has 0 saturated heterocycles. The minimum atomic E-state index is -3.50. The Morgan fingerprint density at radius 1 is 0.705 bits per heavy atom. The number of ether oxygens (including phenoxy) is 4. The van der Waals surface area contributed by atoms with E-state index in [0.717, 1.165) is 17.4 Å². The number of amides is 2. The number of alkyl carbamates (subject to hydrolysis) is 2. The van der Waals surface area contributed by atoms with Gasteiger partial charge in [0.2, 0.25) is 0 Å². The van der Waals surface area contributed by atoms with Crippen LogP contribution in [-0.2, 0) is 33.2 Å². The number of carbonyl (C=O) groups excluding carboxylic acids is 2. The second kappa shape index (κ2) is 19.2. The molecule has 44 heavy (non-hydrogen) atoms. The fourth-order valence-corrected chi connectivity index (χ4v) is 3.80. The zero-order valence-corrected chi connectivity index (χ0v) is 27.5. The average molecular weight is 641 g/mol. The molecule has 2 aromatic carbocycles. The highest BCUT2D eigenvalue weighted by Gasteiger charge is 2.20. The molecule has 248 valence electrons. The Morgan fingerprint density at radius 3 is 1.43 bits per heavy atom. The van der Waals surface area contributed by atoms with Crippen molar-refractivity contribution >= 4 is 22.3 Å². The molecular formula is C31H48N2O10S. The number of carbonyl (C=O) groups is 2. The van der Waals surface area contributed by atoms with Crippen molar-refractivity contribution in [2.45, 2.75) is 65.0 Å². The van der Waals surface area contributed by atoms with Crippen LogP contribution in [0.5, 0.6) is 0 Å². The summed E-state index contributed by atoms with van der Waals surface area (Å²) in [6.07, 6.45) is -0.797. The second-order valence-electron chi connectivity index (χ2n) is 11.6. The van der Waals surface area contributed by atoms with Gasteiger partial charge in [-0.05, 0) is 52.7 Å². The monoisotopic (exact) mass is 640 g/mol. The van der Waals surface area contributed by atoms with Crippen LogP contribution >= 0.6 is 0 Å². The topological polar surface area (TPSA) is 159 Å². The first-order chi connectivity index (χ1) is 20.5. The first kappa shape index (κ1) is 38.8. The largest absolute Gasteiger partial charge is 0.444 e. The lowest BCUT2D eigenvalue weighted by Gasteiger charge is -2.22. The minimum absolute atomic E-state index is 0.0598. The third-order valence-electron chi connectivity index (χ3n) is 5.11. The quantitative estimate of drug-likeness (QED) is 0.198. The zero-order valence-electron chi connectivity index (χ0n) is 26.7. The highest BCUT2D eigenvalue weighted by Crippen LogP contribution is 2.18. The van der Waals surface area contributed by atoms with E-state index in [9.17, 15) is 18.0 Å². The molecule has 13 heteroatoms. The highest BCUT2D eigenvalue weighted by molar-refractivity contribution is 7.85. The summed E-state index contributed by atoms with van der Waals surface area (Å²) in [6.45, 7) is 11.4. The maximum absolute atomic E-state index is 11.8. The lowest BCUT2D eigenvalue weighted by molar-refractivity contribution is 0.0204.